The van der Waals surface area contributed by atoms with Gasteiger partial charge in [0.15, 0.2) is 0 Å². The van der Waals surface area contributed by atoms with Crippen LogP contribution in [-0.2, 0) is 4.79 Å². The van der Waals surface area contributed by atoms with E-state index < -0.39 is 17.2 Å². The number of nitrogens with zero attached hydrogens (tertiary/aromatic N) is 4. The van der Waals surface area contributed by atoms with Crippen LogP contribution in [0.4, 0.5) is 10.1 Å². The van der Waals surface area contributed by atoms with Crippen LogP contribution < -0.4 is 15.8 Å². The number of halogens is 1. The number of aromatic carboxylic acids is 1. The number of carbonyl (C=O) groups excluding carboxylic acids is 1. The Morgan fingerprint density at radius 1 is 1.23 bits per heavy atom. The number of hydrazone groups is 1. The average molecular weight is 498 g/mol. The molecule has 0 atom stereocenters. The predicted molar refractivity (Wildman–Crippen MR) is 132 cm³/mol. The molecule has 2 aromatic heterocycles. The molecule has 0 radical (unpaired) electrons. The predicted octanol–water partition coefficient (Wildman–Crippen LogP) is 2.51. The molecule has 2 N–H and O–H groups in total. The van der Waals surface area contributed by atoms with E-state index in [9.17, 15) is 19.5 Å². The van der Waals surface area contributed by atoms with E-state index in [1.807, 2.05) is 27.3 Å². The number of aromatic nitrogens is 1. The first-order valence-electron chi connectivity index (χ1n) is 11.3. The summed E-state index contributed by atoms with van der Waals surface area (Å²) >= 11 is 1.53. The number of piperazine rings is 1. The summed E-state index contributed by atoms with van der Waals surface area (Å²) in [6.07, 6.45) is 4.76. The zero-order chi connectivity index (χ0) is 24.5. The Bertz CT molecular complexity index is 1360. The first-order chi connectivity index (χ1) is 16.9. The van der Waals surface area contributed by atoms with Crippen LogP contribution in [0.15, 0.2) is 45.7 Å². The first-order valence-corrected chi connectivity index (χ1v) is 12.2. The van der Waals surface area contributed by atoms with E-state index in [0.717, 1.165) is 23.8 Å². The third-order valence-electron chi connectivity index (χ3n) is 6.28. The first kappa shape index (κ1) is 23.2. The highest BCUT2D eigenvalue weighted by atomic mass is 32.1. The quantitative estimate of drug-likeness (QED) is 0.384. The third-order valence-corrected chi connectivity index (χ3v) is 7.08. The third kappa shape index (κ3) is 4.96. The summed E-state index contributed by atoms with van der Waals surface area (Å²) in [4.78, 5) is 41.2. The van der Waals surface area contributed by atoms with E-state index in [2.05, 4.69) is 10.5 Å². The molecule has 1 saturated heterocycles. The molecule has 1 saturated carbocycles. The Balaban J connectivity index is 1.28. The minimum absolute atomic E-state index is 0.0801. The highest BCUT2D eigenvalue weighted by molar-refractivity contribution is 7.11. The molecular weight excluding hydrogens is 473 g/mol. The van der Waals surface area contributed by atoms with Gasteiger partial charge in [0.25, 0.3) is 5.91 Å². The second-order valence-electron chi connectivity index (χ2n) is 8.71. The van der Waals surface area contributed by atoms with E-state index in [1.54, 1.807) is 16.8 Å². The number of nitrogens with one attached hydrogen (secondary N) is 1. The summed E-state index contributed by atoms with van der Waals surface area (Å²) in [5, 5.41) is 15.4. The van der Waals surface area contributed by atoms with Gasteiger partial charge in [-0.2, -0.15) is 5.10 Å². The standard InChI is InChI=1S/C24H24FN5O4S/c25-19-10-17-20(30(15-3-4-15)13-18(23(17)32)24(33)34)11-21(19)29-7-5-28(6-8-29)14-22(31)27-26-12-16-2-1-9-35-16/h1-2,9-13,15H,3-8,14H2,(H,27,31)(H,33,34)/b26-12+. The lowest BCUT2D eigenvalue weighted by Crippen LogP contribution is -2.49. The fourth-order valence-corrected chi connectivity index (χ4v) is 4.91. The molecule has 1 amide bonds. The number of hydrogen-bond donors (Lipinski definition) is 2. The number of carboxylic acids is 1. The van der Waals surface area contributed by atoms with Crippen molar-refractivity contribution < 1.29 is 19.1 Å². The normalized spacial score (nSPS) is 16.8. The van der Waals surface area contributed by atoms with Gasteiger partial charge in [0.2, 0.25) is 5.43 Å². The summed E-state index contributed by atoms with van der Waals surface area (Å²) in [5.74, 6) is -2.09. The Labute approximate surface area is 204 Å². The molecular formula is C24H24FN5O4S. The molecule has 1 aliphatic carbocycles. The van der Waals surface area contributed by atoms with E-state index in [0.29, 0.717) is 37.4 Å². The molecule has 0 spiro atoms. The SMILES string of the molecule is O=C(CN1CCN(c2cc3c(cc2F)c(=O)c(C(=O)O)cn3C2CC2)CC1)N/N=C/c1cccs1. The Kier molecular flexibility index (Phi) is 6.35. The van der Waals surface area contributed by atoms with Crippen molar-refractivity contribution in [1.82, 2.24) is 14.9 Å². The molecule has 1 aliphatic heterocycles. The van der Waals surface area contributed by atoms with Gasteiger partial charge in [0, 0.05) is 48.7 Å². The maximum Gasteiger partial charge on any atom is 0.341 e. The minimum Gasteiger partial charge on any atom is -0.477 e. The van der Waals surface area contributed by atoms with Crippen molar-refractivity contribution in [2.45, 2.75) is 18.9 Å². The fourth-order valence-electron chi connectivity index (χ4n) is 4.33. The van der Waals surface area contributed by atoms with Gasteiger partial charge >= 0.3 is 5.97 Å². The van der Waals surface area contributed by atoms with Crippen LogP contribution in [0.2, 0.25) is 0 Å². The van der Waals surface area contributed by atoms with Gasteiger partial charge in [-0.15, -0.1) is 11.3 Å². The molecule has 3 heterocycles. The van der Waals surface area contributed by atoms with Crippen LogP contribution >= 0.6 is 11.3 Å². The highest BCUT2D eigenvalue weighted by Crippen LogP contribution is 2.38. The minimum atomic E-state index is -1.31. The maximum atomic E-state index is 15.1. The zero-order valence-corrected chi connectivity index (χ0v) is 19.6. The van der Waals surface area contributed by atoms with E-state index in [4.69, 9.17) is 0 Å². The molecule has 35 heavy (non-hydrogen) atoms. The summed E-state index contributed by atoms with van der Waals surface area (Å²) in [6.45, 7) is 2.33. The molecule has 1 aromatic carbocycles. The van der Waals surface area contributed by atoms with Gasteiger partial charge < -0.3 is 14.6 Å². The largest absolute Gasteiger partial charge is 0.477 e. The van der Waals surface area contributed by atoms with Gasteiger partial charge in [-0.05, 0) is 36.4 Å². The molecule has 11 heteroatoms. The van der Waals surface area contributed by atoms with Crippen molar-refractivity contribution >= 4 is 46.0 Å². The second-order valence-corrected chi connectivity index (χ2v) is 9.69. The number of amides is 1. The van der Waals surface area contributed by atoms with Crippen LogP contribution in [0.1, 0.15) is 34.1 Å². The van der Waals surface area contributed by atoms with Gasteiger partial charge in [-0.3, -0.25) is 14.5 Å². The van der Waals surface area contributed by atoms with Crippen LogP contribution in [0, 0.1) is 5.82 Å². The topological polar surface area (TPSA) is 107 Å². The summed E-state index contributed by atoms with van der Waals surface area (Å²) < 4.78 is 16.9. The number of carbonyl (C=O) groups is 2. The maximum absolute atomic E-state index is 15.1. The highest BCUT2D eigenvalue weighted by Gasteiger charge is 2.28. The number of hydrogen-bond acceptors (Lipinski definition) is 7. The molecule has 2 aliphatic rings. The average Bonchev–Trinajstić information content (AvgIpc) is 3.55. The molecule has 2 fully saturated rings. The molecule has 9 nitrogen and oxygen atoms in total. The van der Waals surface area contributed by atoms with Crippen LogP contribution in [-0.4, -0.2) is 65.4 Å². The number of rotatable bonds is 7. The lowest BCUT2D eigenvalue weighted by Gasteiger charge is -2.35. The number of carboxylic acid groups (broad SMARTS) is 1. The molecule has 3 aromatic rings. The molecule has 5 rings (SSSR count). The number of anilines is 1. The van der Waals surface area contributed by atoms with Gasteiger partial charge in [-0.1, -0.05) is 6.07 Å². The lowest BCUT2D eigenvalue weighted by molar-refractivity contribution is -0.122. The number of benzene rings is 1. The van der Waals surface area contributed by atoms with E-state index in [1.165, 1.54) is 17.5 Å². The fraction of sp³-hybridized carbons (Fsp3) is 0.333. The van der Waals surface area contributed by atoms with Crippen molar-refractivity contribution in [3.8, 4) is 0 Å². The van der Waals surface area contributed by atoms with E-state index >= 15 is 4.39 Å². The summed E-state index contributed by atoms with van der Waals surface area (Å²) in [6, 6.07) is 6.73. The monoisotopic (exact) mass is 497 g/mol. The Hall–Kier alpha value is -3.57. The van der Waals surface area contributed by atoms with Crippen molar-refractivity contribution in [3.05, 3.63) is 62.3 Å². The molecule has 0 unspecified atom stereocenters. The van der Waals surface area contributed by atoms with Crippen molar-refractivity contribution in [2.75, 3.05) is 37.6 Å². The number of fused-ring (bicyclic) bond motifs is 1. The van der Waals surface area contributed by atoms with Crippen molar-refractivity contribution in [2.24, 2.45) is 5.10 Å². The Morgan fingerprint density at radius 3 is 2.66 bits per heavy atom. The number of thiophene rings is 1. The molecule has 0 bridgehead atoms. The van der Waals surface area contributed by atoms with Crippen molar-refractivity contribution in [3.63, 3.8) is 0 Å². The smallest absolute Gasteiger partial charge is 0.341 e. The summed E-state index contributed by atoms with van der Waals surface area (Å²) in [7, 11) is 0. The van der Waals surface area contributed by atoms with Gasteiger partial charge in [0.1, 0.15) is 11.4 Å². The Morgan fingerprint density at radius 2 is 2.00 bits per heavy atom. The molecule has 182 valence electrons. The van der Waals surface area contributed by atoms with Crippen LogP contribution in [0.25, 0.3) is 10.9 Å². The summed E-state index contributed by atoms with van der Waals surface area (Å²) in [5.41, 5.74) is 2.43. The van der Waals surface area contributed by atoms with Gasteiger partial charge in [0.05, 0.1) is 24.0 Å². The van der Waals surface area contributed by atoms with Crippen LogP contribution in [0.5, 0.6) is 0 Å². The van der Waals surface area contributed by atoms with E-state index in [-0.39, 0.29) is 29.4 Å². The second kappa shape index (κ2) is 9.59. The number of pyridine rings is 1. The van der Waals surface area contributed by atoms with Gasteiger partial charge in [-0.25, -0.2) is 14.6 Å². The van der Waals surface area contributed by atoms with Crippen LogP contribution in [0.3, 0.4) is 0 Å². The van der Waals surface area contributed by atoms with Crippen molar-refractivity contribution in [1.29, 1.82) is 0 Å². The zero-order valence-electron chi connectivity index (χ0n) is 18.8. The lowest BCUT2D eigenvalue weighted by atomic mass is 10.1.